The summed E-state index contributed by atoms with van der Waals surface area (Å²) in [5, 5.41) is 3.12. The maximum absolute atomic E-state index is 13.4. The Hall–Kier alpha value is -2.87. The lowest BCUT2D eigenvalue weighted by molar-refractivity contribution is -0.114. The smallest absolute Gasteiger partial charge is 0.264 e. The van der Waals surface area contributed by atoms with E-state index in [-0.39, 0.29) is 4.90 Å². The number of aryl methyl sites for hydroxylation is 1. The summed E-state index contributed by atoms with van der Waals surface area (Å²) in [5.74, 6) is -0.481. The lowest BCUT2D eigenvalue weighted by atomic mass is 10.2. The van der Waals surface area contributed by atoms with Gasteiger partial charge >= 0.3 is 0 Å². The Morgan fingerprint density at radius 2 is 1.74 bits per heavy atom. The number of anilines is 2. The second-order valence-electron chi connectivity index (χ2n) is 6.99. The van der Waals surface area contributed by atoms with Crippen molar-refractivity contribution >= 4 is 38.9 Å². The number of carbonyl (C=O) groups excluding carboxylic acids is 1. The minimum absolute atomic E-state index is 0.0907. The number of hydrogen-bond acceptors (Lipinski definition) is 4. The van der Waals surface area contributed by atoms with E-state index in [2.05, 4.69) is 5.32 Å². The summed E-state index contributed by atoms with van der Waals surface area (Å²) in [7, 11) is -2.41. The summed E-state index contributed by atoms with van der Waals surface area (Å²) < 4.78 is 32.9. The molecule has 1 N–H and O–H groups in total. The normalized spacial score (nSPS) is 11.2. The van der Waals surface area contributed by atoms with Crippen molar-refractivity contribution in [2.45, 2.75) is 18.4 Å². The molecular weight excluding hydrogens is 436 g/mol. The Morgan fingerprint density at radius 1 is 1.03 bits per heavy atom. The van der Waals surface area contributed by atoms with Gasteiger partial charge in [0.2, 0.25) is 5.91 Å². The van der Waals surface area contributed by atoms with Crippen LogP contribution in [0.2, 0.25) is 5.02 Å². The van der Waals surface area contributed by atoms with Crippen LogP contribution >= 0.6 is 11.6 Å². The molecule has 0 aromatic heterocycles. The first-order valence-electron chi connectivity index (χ1n) is 9.52. The SMILES string of the molecule is COCc1cccc(NC(=O)CN(c2cccc(Cl)c2)S(=O)(=O)c2ccc(C)cc2)c1. The molecule has 0 aliphatic carbocycles. The van der Waals surface area contributed by atoms with Crippen LogP contribution in [0.3, 0.4) is 0 Å². The van der Waals surface area contributed by atoms with Crippen LogP contribution in [0, 0.1) is 6.92 Å². The molecule has 0 aliphatic heterocycles. The van der Waals surface area contributed by atoms with Crippen molar-refractivity contribution in [1.82, 2.24) is 0 Å². The highest BCUT2D eigenvalue weighted by atomic mass is 35.5. The minimum Gasteiger partial charge on any atom is -0.380 e. The zero-order valence-electron chi connectivity index (χ0n) is 17.2. The van der Waals surface area contributed by atoms with Gasteiger partial charge < -0.3 is 10.1 Å². The maximum atomic E-state index is 13.4. The number of hydrogen-bond donors (Lipinski definition) is 1. The minimum atomic E-state index is -4.00. The van der Waals surface area contributed by atoms with E-state index in [0.717, 1.165) is 15.4 Å². The number of nitrogens with one attached hydrogen (secondary N) is 1. The highest BCUT2D eigenvalue weighted by Crippen LogP contribution is 2.26. The summed E-state index contributed by atoms with van der Waals surface area (Å²) in [4.78, 5) is 12.9. The van der Waals surface area contributed by atoms with E-state index in [9.17, 15) is 13.2 Å². The Morgan fingerprint density at radius 3 is 2.42 bits per heavy atom. The molecule has 0 spiro atoms. The maximum Gasteiger partial charge on any atom is 0.264 e. The van der Waals surface area contributed by atoms with Crippen molar-refractivity contribution in [2.75, 3.05) is 23.3 Å². The largest absolute Gasteiger partial charge is 0.380 e. The first-order chi connectivity index (χ1) is 14.8. The third-order valence-corrected chi connectivity index (χ3v) is 6.54. The van der Waals surface area contributed by atoms with Crippen molar-refractivity contribution < 1.29 is 17.9 Å². The van der Waals surface area contributed by atoms with Crippen molar-refractivity contribution in [2.24, 2.45) is 0 Å². The number of amides is 1. The molecule has 0 radical (unpaired) electrons. The van der Waals surface area contributed by atoms with Gasteiger partial charge in [-0.15, -0.1) is 0 Å². The fourth-order valence-corrected chi connectivity index (χ4v) is 4.62. The quantitative estimate of drug-likeness (QED) is 0.534. The van der Waals surface area contributed by atoms with Gasteiger partial charge in [-0.1, -0.05) is 47.5 Å². The van der Waals surface area contributed by atoms with Gasteiger partial charge in [0.05, 0.1) is 17.2 Å². The molecule has 162 valence electrons. The fourth-order valence-electron chi connectivity index (χ4n) is 3.02. The predicted octanol–water partition coefficient (Wildman–Crippen LogP) is 4.63. The van der Waals surface area contributed by atoms with E-state index in [1.165, 1.54) is 18.2 Å². The monoisotopic (exact) mass is 458 g/mol. The highest BCUT2D eigenvalue weighted by molar-refractivity contribution is 7.92. The van der Waals surface area contributed by atoms with Crippen LogP contribution in [-0.2, 0) is 26.2 Å². The molecule has 3 rings (SSSR count). The van der Waals surface area contributed by atoms with E-state index in [4.69, 9.17) is 16.3 Å². The second-order valence-corrected chi connectivity index (χ2v) is 9.28. The second kappa shape index (κ2) is 9.96. The lowest BCUT2D eigenvalue weighted by Gasteiger charge is -2.24. The molecule has 3 aromatic rings. The molecule has 6 nitrogen and oxygen atoms in total. The number of carbonyl (C=O) groups is 1. The van der Waals surface area contributed by atoms with Crippen LogP contribution in [0.5, 0.6) is 0 Å². The van der Waals surface area contributed by atoms with Crippen LogP contribution < -0.4 is 9.62 Å². The van der Waals surface area contributed by atoms with Gasteiger partial charge in [-0.2, -0.15) is 0 Å². The molecule has 0 bridgehead atoms. The predicted molar refractivity (Wildman–Crippen MR) is 123 cm³/mol. The number of halogens is 1. The summed E-state index contributed by atoms with van der Waals surface area (Å²) in [6.45, 7) is 1.86. The van der Waals surface area contributed by atoms with Gasteiger partial charge in [-0.25, -0.2) is 8.42 Å². The average molecular weight is 459 g/mol. The van der Waals surface area contributed by atoms with Crippen LogP contribution in [0.25, 0.3) is 0 Å². The number of benzene rings is 3. The standard InChI is InChI=1S/C23H23ClN2O4S/c1-17-9-11-22(12-10-17)31(28,29)26(21-8-4-6-19(24)14-21)15-23(27)25-20-7-3-5-18(13-20)16-30-2/h3-14H,15-16H2,1-2H3,(H,25,27). The first-order valence-corrected chi connectivity index (χ1v) is 11.3. The van der Waals surface area contributed by atoms with E-state index in [1.807, 2.05) is 13.0 Å². The van der Waals surface area contributed by atoms with E-state index in [1.54, 1.807) is 55.6 Å². The Labute approximate surface area is 187 Å². The van der Waals surface area contributed by atoms with Crippen LogP contribution in [0.1, 0.15) is 11.1 Å². The van der Waals surface area contributed by atoms with Crippen molar-refractivity contribution in [3.63, 3.8) is 0 Å². The van der Waals surface area contributed by atoms with Gasteiger partial charge in [-0.3, -0.25) is 9.10 Å². The number of methoxy groups -OCH3 is 1. The lowest BCUT2D eigenvalue weighted by Crippen LogP contribution is -2.38. The van der Waals surface area contributed by atoms with E-state index < -0.39 is 22.5 Å². The highest BCUT2D eigenvalue weighted by Gasteiger charge is 2.27. The fraction of sp³-hybridized carbons (Fsp3) is 0.174. The summed E-state index contributed by atoms with van der Waals surface area (Å²) in [6, 6.07) is 20.0. The Balaban J connectivity index is 1.91. The molecule has 0 saturated carbocycles. The van der Waals surface area contributed by atoms with Crippen molar-refractivity contribution in [3.05, 3.63) is 88.9 Å². The van der Waals surface area contributed by atoms with Gasteiger partial charge in [0.15, 0.2) is 0 Å². The molecule has 8 heteroatoms. The molecule has 0 aliphatic rings. The molecule has 0 heterocycles. The number of nitrogens with zero attached hydrogens (tertiary/aromatic N) is 1. The van der Waals surface area contributed by atoms with Gasteiger partial charge in [0.25, 0.3) is 10.0 Å². The molecule has 1 amide bonds. The summed E-state index contributed by atoms with van der Waals surface area (Å²) in [5.41, 5.74) is 2.68. The third-order valence-electron chi connectivity index (χ3n) is 4.51. The Kier molecular flexibility index (Phi) is 7.33. The van der Waals surface area contributed by atoms with Gasteiger partial charge in [-0.05, 0) is 55.0 Å². The first kappa shape index (κ1) is 22.8. The topological polar surface area (TPSA) is 75.7 Å². The van der Waals surface area contributed by atoms with Crippen LogP contribution in [0.4, 0.5) is 11.4 Å². The van der Waals surface area contributed by atoms with Crippen molar-refractivity contribution in [1.29, 1.82) is 0 Å². The van der Waals surface area contributed by atoms with E-state index >= 15 is 0 Å². The van der Waals surface area contributed by atoms with Crippen LogP contribution in [0.15, 0.2) is 77.7 Å². The number of ether oxygens (including phenoxy) is 1. The van der Waals surface area contributed by atoms with Crippen LogP contribution in [-0.4, -0.2) is 28.0 Å². The molecule has 0 fully saturated rings. The molecular formula is C23H23ClN2O4S. The number of sulfonamides is 1. The molecule has 3 aromatic carbocycles. The molecule has 0 unspecified atom stereocenters. The summed E-state index contributed by atoms with van der Waals surface area (Å²) >= 11 is 6.09. The van der Waals surface area contributed by atoms with Gasteiger partial charge in [0, 0.05) is 17.8 Å². The number of rotatable bonds is 8. The molecule has 0 saturated heterocycles. The van der Waals surface area contributed by atoms with E-state index in [0.29, 0.717) is 23.0 Å². The molecule has 31 heavy (non-hydrogen) atoms. The Bertz CT molecular complexity index is 1160. The van der Waals surface area contributed by atoms with Crippen molar-refractivity contribution in [3.8, 4) is 0 Å². The zero-order chi connectivity index (χ0) is 22.4. The molecule has 0 atom stereocenters. The average Bonchev–Trinajstić information content (AvgIpc) is 2.73. The third kappa shape index (κ3) is 5.85. The van der Waals surface area contributed by atoms with Gasteiger partial charge in [0.1, 0.15) is 6.54 Å². The zero-order valence-corrected chi connectivity index (χ0v) is 18.8. The summed E-state index contributed by atoms with van der Waals surface area (Å²) in [6.07, 6.45) is 0.